The number of pyridine rings is 1. The Balaban J connectivity index is 1.92. The second-order valence-corrected chi connectivity index (χ2v) is 8.91. The van der Waals surface area contributed by atoms with E-state index >= 15 is 0 Å². The van der Waals surface area contributed by atoms with E-state index in [-0.39, 0.29) is 17.3 Å². The molecule has 0 saturated carbocycles. The monoisotopic (exact) mass is 409 g/mol. The predicted octanol–water partition coefficient (Wildman–Crippen LogP) is 3.09. The van der Waals surface area contributed by atoms with E-state index in [1.54, 1.807) is 60.8 Å². The number of nitrogens with one attached hydrogen (secondary N) is 1. The Morgan fingerprint density at radius 1 is 1.00 bits per heavy atom. The van der Waals surface area contributed by atoms with Crippen molar-refractivity contribution in [3.05, 3.63) is 90.3 Å². The third kappa shape index (κ3) is 4.81. The summed E-state index contributed by atoms with van der Waals surface area (Å²) >= 11 is 0. The van der Waals surface area contributed by atoms with Crippen LogP contribution >= 0.6 is 0 Å². The van der Waals surface area contributed by atoms with Gasteiger partial charge in [-0.25, -0.2) is 8.42 Å². The third-order valence-electron chi connectivity index (χ3n) is 4.60. The molecule has 29 heavy (non-hydrogen) atoms. The van der Waals surface area contributed by atoms with Crippen molar-refractivity contribution in [2.45, 2.75) is 10.1 Å². The molecule has 0 unspecified atom stereocenters. The molecule has 1 N–H and O–H groups in total. The number of hydrogen-bond acceptors (Lipinski definition) is 5. The molecule has 0 bridgehead atoms. The van der Waals surface area contributed by atoms with Crippen molar-refractivity contribution in [1.82, 2.24) is 10.3 Å². The van der Waals surface area contributed by atoms with Gasteiger partial charge in [-0.3, -0.25) is 9.78 Å². The zero-order chi connectivity index (χ0) is 20.9. The Bertz CT molecular complexity index is 1050. The number of amides is 1. The maximum absolute atomic E-state index is 13.3. The largest absolute Gasteiger partial charge is 0.378 e. The normalized spacial score (nSPS) is 12.2. The van der Waals surface area contributed by atoms with E-state index in [1.807, 2.05) is 31.1 Å². The molecule has 1 aromatic heterocycles. The van der Waals surface area contributed by atoms with E-state index in [2.05, 4.69) is 10.3 Å². The fraction of sp³-hybridized carbons (Fsp3) is 0.182. The minimum Gasteiger partial charge on any atom is -0.378 e. The van der Waals surface area contributed by atoms with Crippen molar-refractivity contribution in [3.63, 3.8) is 0 Å². The number of nitrogens with zero attached hydrogens (tertiary/aromatic N) is 2. The van der Waals surface area contributed by atoms with E-state index in [0.717, 1.165) is 5.69 Å². The Morgan fingerprint density at radius 2 is 1.69 bits per heavy atom. The van der Waals surface area contributed by atoms with Crippen LogP contribution in [0.5, 0.6) is 0 Å². The lowest BCUT2D eigenvalue weighted by Crippen LogP contribution is -2.32. The van der Waals surface area contributed by atoms with Gasteiger partial charge in [0.25, 0.3) is 5.91 Å². The Kier molecular flexibility index (Phi) is 6.29. The minimum absolute atomic E-state index is 0.0493. The van der Waals surface area contributed by atoms with Gasteiger partial charge < -0.3 is 10.2 Å². The molecule has 150 valence electrons. The number of anilines is 1. The average Bonchev–Trinajstić information content (AvgIpc) is 2.75. The highest BCUT2D eigenvalue weighted by atomic mass is 32.2. The number of benzene rings is 2. The number of rotatable bonds is 7. The van der Waals surface area contributed by atoms with Gasteiger partial charge in [0, 0.05) is 38.7 Å². The van der Waals surface area contributed by atoms with Crippen LogP contribution in [0.15, 0.2) is 84.0 Å². The Hall–Kier alpha value is -3.19. The smallest absolute Gasteiger partial charge is 0.252 e. The second-order valence-electron chi connectivity index (χ2n) is 6.78. The zero-order valence-electron chi connectivity index (χ0n) is 16.3. The summed E-state index contributed by atoms with van der Waals surface area (Å²) in [6.45, 7) is -0.0493. The second kappa shape index (κ2) is 8.87. The summed E-state index contributed by atoms with van der Waals surface area (Å²) in [6.07, 6.45) is 3.02. The molecular weight excluding hydrogens is 386 g/mol. The topological polar surface area (TPSA) is 79.4 Å². The lowest BCUT2D eigenvalue weighted by atomic mass is 10.1. The molecule has 6 nitrogen and oxygen atoms in total. The van der Waals surface area contributed by atoms with Crippen LogP contribution in [0.4, 0.5) is 5.69 Å². The van der Waals surface area contributed by atoms with Crippen molar-refractivity contribution in [3.8, 4) is 0 Å². The van der Waals surface area contributed by atoms with E-state index < -0.39 is 15.1 Å². The standard InChI is InChI=1S/C22H23N3O3S/c1-25(2)19-12-10-17(11-13-19)21(29(27,28)20-8-4-3-5-9-20)16-24-22(26)18-7-6-14-23-15-18/h3-15,21H,16H2,1-2H3,(H,24,26)/t21-/m0/s1. The molecule has 1 heterocycles. The first-order chi connectivity index (χ1) is 13.9. The summed E-state index contributed by atoms with van der Waals surface area (Å²) in [5, 5.41) is 1.83. The van der Waals surface area contributed by atoms with Crippen LogP contribution in [-0.4, -0.2) is 39.9 Å². The van der Waals surface area contributed by atoms with Gasteiger partial charge in [0.05, 0.1) is 10.5 Å². The molecule has 3 rings (SSSR count). The molecule has 0 aliphatic heterocycles. The number of aromatic nitrogens is 1. The van der Waals surface area contributed by atoms with Crippen LogP contribution in [0.1, 0.15) is 21.2 Å². The molecule has 0 aliphatic rings. The number of sulfone groups is 1. The first-order valence-corrected chi connectivity index (χ1v) is 10.7. The molecule has 0 fully saturated rings. The van der Waals surface area contributed by atoms with Crippen molar-refractivity contribution < 1.29 is 13.2 Å². The van der Waals surface area contributed by atoms with E-state index in [0.29, 0.717) is 11.1 Å². The van der Waals surface area contributed by atoms with E-state index in [9.17, 15) is 13.2 Å². The zero-order valence-corrected chi connectivity index (χ0v) is 17.1. The van der Waals surface area contributed by atoms with Crippen molar-refractivity contribution in [2.24, 2.45) is 0 Å². The number of carbonyl (C=O) groups excluding carboxylic acids is 1. The third-order valence-corrected chi connectivity index (χ3v) is 6.72. The van der Waals surface area contributed by atoms with Gasteiger partial charge in [0.1, 0.15) is 5.25 Å². The summed E-state index contributed by atoms with van der Waals surface area (Å²) in [5.74, 6) is -0.365. The summed E-state index contributed by atoms with van der Waals surface area (Å²) in [6, 6.07) is 18.9. The molecule has 1 atom stereocenters. The highest BCUT2D eigenvalue weighted by Gasteiger charge is 2.29. The van der Waals surface area contributed by atoms with Crippen LogP contribution in [0.3, 0.4) is 0 Å². The Morgan fingerprint density at radius 3 is 2.28 bits per heavy atom. The van der Waals surface area contributed by atoms with Gasteiger partial charge in [-0.1, -0.05) is 30.3 Å². The van der Waals surface area contributed by atoms with Crippen LogP contribution in [0.2, 0.25) is 0 Å². The van der Waals surface area contributed by atoms with Gasteiger partial charge in [0.2, 0.25) is 0 Å². The van der Waals surface area contributed by atoms with Crippen LogP contribution in [0, 0.1) is 0 Å². The maximum atomic E-state index is 13.3. The highest BCUT2D eigenvalue weighted by molar-refractivity contribution is 7.91. The Labute approximate surface area is 171 Å². The first kappa shape index (κ1) is 20.5. The average molecular weight is 410 g/mol. The lowest BCUT2D eigenvalue weighted by molar-refractivity contribution is 0.0953. The summed E-state index contributed by atoms with van der Waals surface area (Å²) < 4.78 is 26.7. The minimum atomic E-state index is -3.71. The number of carbonyl (C=O) groups is 1. The molecular formula is C22H23N3O3S. The summed E-state index contributed by atoms with van der Waals surface area (Å²) in [5.41, 5.74) is 1.96. The van der Waals surface area contributed by atoms with Gasteiger partial charge in [-0.2, -0.15) is 0 Å². The molecule has 0 spiro atoms. The molecule has 7 heteroatoms. The van der Waals surface area contributed by atoms with Gasteiger partial charge in [0.15, 0.2) is 9.84 Å². The molecule has 2 aromatic carbocycles. The van der Waals surface area contributed by atoms with Gasteiger partial charge in [-0.15, -0.1) is 0 Å². The van der Waals surface area contributed by atoms with Crippen LogP contribution in [-0.2, 0) is 9.84 Å². The van der Waals surface area contributed by atoms with Crippen LogP contribution < -0.4 is 10.2 Å². The van der Waals surface area contributed by atoms with E-state index in [1.165, 1.54) is 6.20 Å². The highest BCUT2D eigenvalue weighted by Crippen LogP contribution is 2.29. The quantitative estimate of drug-likeness (QED) is 0.649. The van der Waals surface area contributed by atoms with Gasteiger partial charge >= 0.3 is 0 Å². The lowest BCUT2D eigenvalue weighted by Gasteiger charge is -2.20. The van der Waals surface area contributed by atoms with Crippen molar-refractivity contribution in [2.75, 3.05) is 25.5 Å². The maximum Gasteiger partial charge on any atom is 0.252 e. The number of hydrogen-bond donors (Lipinski definition) is 1. The predicted molar refractivity (Wildman–Crippen MR) is 114 cm³/mol. The van der Waals surface area contributed by atoms with E-state index in [4.69, 9.17) is 0 Å². The fourth-order valence-electron chi connectivity index (χ4n) is 2.95. The van der Waals surface area contributed by atoms with Crippen molar-refractivity contribution >= 4 is 21.4 Å². The first-order valence-electron chi connectivity index (χ1n) is 9.14. The summed E-state index contributed by atoms with van der Waals surface area (Å²) in [7, 11) is 0.127. The molecule has 1 amide bonds. The molecule has 0 aliphatic carbocycles. The van der Waals surface area contributed by atoms with Gasteiger partial charge in [-0.05, 0) is 42.0 Å². The molecule has 0 radical (unpaired) electrons. The molecule has 3 aromatic rings. The summed E-state index contributed by atoms with van der Waals surface area (Å²) in [4.78, 5) is 18.5. The SMILES string of the molecule is CN(C)c1ccc([C@H](CNC(=O)c2cccnc2)S(=O)(=O)c2ccccc2)cc1. The van der Waals surface area contributed by atoms with Crippen molar-refractivity contribution in [1.29, 1.82) is 0 Å². The molecule has 0 saturated heterocycles. The fourth-order valence-corrected chi connectivity index (χ4v) is 4.64. The van der Waals surface area contributed by atoms with Crippen LogP contribution in [0.25, 0.3) is 0 Å².